The third-order valence-electron chi connectivity index (χ3n) is 3.60. The van der Waals surface area contributed by atoms with E-state index in [1.807, 2.05) is 29.0 Å². The second kappa shape index (κ2) is 5.07. The average molecular weight is 258 g/mol. The van der Waals surface area contributed by atoms with Crippen LogP contribution < -0.4 is 0 Å². The molecule has 2 heteroatoms. The molecule has 1 aromatic carbocycles. The number of hydrogen-bond acceptors (Lipinski definition) is 2. The summed E-state index contributed by atoms with van der Waals surface area (Å²) >= 11 is 1.55. The SMILES string of the molecule is CCC(C)(C)c1ccc(C(=O)c2ccsc2)cc1. The lowest BCUT2D eigenvalue weighted by Gasteiger charge is -2.23. The number of carbonyl (C=O) groups excluding carboxylic acids is 1. The predicted molar refractivity (Wildman–Crippen MR) is 77.5 cm³/mol. The van der Waals surface area contributed by atoms with Crippen molar-refractivity contribution in [1.29, 1.82) is 0 Å². The van der Waals surface area contributed by atoms with Crippen molar-refractivity contribution in [3.05, 3.63) is 57.8 Å². The van der Waals surface area contributed by atoms with E-state index >= 15 is 0 Å². The highest BCUT2D eigenvalue weighted by molar-refractivity contribution is 7.08. The molecule has 0 unspecified atom stereocenters. The molecule has 0 aliphatic rings. The first kappa shape index (κ1) is 13.0. The van der Waals surface area contributed by atoms with Gasteiger partial charge < -0.3 is 0 Å². The fourth-order valence-corrected chi connectivity index (χ4v) is 2.47. The smallest absolute Gasteiger partial charge is 0.193 e. The molecule has 0 saturated heterocycles. The van der Waals surface area contributed by atoms with Gasteiger partial charge in [0, 0.05) is 16.5 Å². The molecule has 0 radical (unpaired) electrons. The minimum absolute atomic E-state index is 0.108. The summed E-state index contributed by atoms with van der Waals surface area (Å²) in [6.07, 6.45) is 1.09. The van der Waals surface area contributed by atoms with Crippen LogP contribution in [0.2, 0.25) is 0 Å². The minimum atomic E-state index is 0.108. The van der Waals surface area contributed by atoms with Gasteiger partial charge in [0.05, 0.1) is 0 Å². The molecular formula is C16H18OS. The van der Waals surface area contributed by atoms with Gasteiger partial charge in [-0.2, -0.15) is 11.3 Å². The van der Waals surface area contributed by atoms with Gasteiger partial charge in [-0.1, -0.05) is 45.0 Å². The van der Waals surface area contributed by atoms with Crippen LogP contribution >= 0.6 is 11.3 Å². The summed E-state index contributed by atoms with van der Waals surface area (Å²) in [5.41, 5.74) is 3.00. The molecule has 1 heterocycles. The van der Waals surface area contributed by atoms with Crippen LogP contribution in [0, 0.1) is 0 Å². The van der Waals surface area contributed by atoms with E-state index in [9.17, 15) is 4.79 Å². The first-order valence-electron chi connectivity index (χ1n) is 6.22. The molecular weight excluding hydrogens is 240 g/mol. The van der Waals surface area contributed by atoms with E-state index in [2.05, 4.69) is 32.9 Å². The largest absolute Gasteiger partial charge is 0.289 e. The van der Waals surface area contributed by atoms with Crippen LogP contribution in [-0.2, 0) is 5.41 Å². The number of carbonyl (C=O) groups is 1. The minimum Gasteiger partial charge on any atom is -0.289 e. The second-order valence-corrected chi connectivity index (χ2v) is 5.94. The Morgan fingerprint density at radius 3 is 2.28 bits per heavy atom. The maximum atomic E-state index is 12.1. The molecule has 1 aromatic heterocycles. The average Bonchev–Trinajstić information content (AvgIpc) is 2.92. The highest BCUT2D eigenvalue weighted by Gasteiger charge is 2.18. The van der Waals surface area contributed by atoms with Crippen LogP contribution in [0.25, 0.3) is 0 Å². The first-order valence-corrected chi connectivity index (χ1v) is 7.16. The number of benzene rings is 1. The molecule has 0 aliphatic carbocycles. The van der Waals surface area contributed by atoms with Gasteiger partial charge >= 0.3 is 0 Å². The van der Waals surface area contributed by atoms with E-state index in [0.717, 1.165) is 17.5 Å². The zero-order chi connectivity index (χ0) is 13.2. The lowest BCUT2D eigenvalue weighted by atomic mass is 9.82. The van der Waals surface area contributed by atoms with Crippen molar-refractivity contribution in [3.63, 3.8) is 0 Å². The lowest BCUT2D eigenvalue weighted by Crippen LogP contribution is -2.15. The Hall–Kier alpha value is -1.41. The topological polar surface area (TPSA) is 17.1 Å². The molecule has 0 spiro atoms. The lowest BCUT2D eigenvalue weighted by molar-refractivity contribution is 0.103. The summed E-state index contributed by atoms with van der Waals surface area (Å²) in [6.45, 7) is 6.63. The highest BCUT2D eigenvalue weighted by Crippen LogP contribution is 2.27. The van der Waals surface area contributed by atoms with Crippen molar-refractivity contribution in [2.75, 3.05) is 0 Å². The van der Waals surface area contributed by atoms with Crippen molar-refractivity contribution in [3.8, 4) is 0 Å². The number of hydrogen-bond donors (Lipinski definition) is 0. The Morgan fingerprint density at radius 1 is 1.11 bits per heavy atom. The van der Waals surface area contributed by atoms with E-state index in [0.29, 0.717) is 0 Å². The van der Waals surface area contributed by atoms with Crippen LogP contribution in [0.15, 0.2) is 41.1 Å². The third kappa shape index (κ3) is 2.54. The van der Waals surface area contributed by atoms with Gasteiger partial charge in [-0.15, -0.1) is 0 Å². The standard InChI is InChI=1S/C16H18OS/c1-4-16(2,3)14-7-5-12(6-8-14)15(17)13-9-10-18-11-13/h5-11H,4H2,1-3H3. The predicted octanol–water partition coefficient (Wildman–Crippen LogP) is 4.67. The molecule has 18 heavy (non-hydrogen) atoms. The summed E-state index contributed by atoms with van der Waals surface area (Å²) in [5, 5.41) is 3.83. The summed E-state index contributed by atoms with van der Waals surface area (Å²) in [6, 6.07) is 9.89. The maximum absolute atomic E-state index is 12.1. The van der Waals surface area contributed by atoms with Crippen LogP contribution in [0.4, 0.5) is 0 Å². The Kier molecular flexibility index (Phi) is 3.67. The van der Waals surface area contributed by atoms with Crippen LogP contribution in [0.1, 0.15) is 48.7 Å². The molecule has 0 saturated carbocycles. The quantitative estimate of drug-likeness (QED) is 0.728. The first-order chi connectivity index (χ1) is 8.54. The molecule has 0 N–H and O–H groups in total. The fourth-order valence-electron chi connectivity index (χ4n) is 1.84. The second-order valence-electron chi connectivity index (χ2n) is 5.16. The van der Waals surface area contributed by atoms with Gasteiger partial charge in [0.15, 0.2) is 5.78 Å². The van der Waals surface area contributed by atoms with Crippen LogP contribution in [0.5, 0.6) is 0 Å². The molecule has 0 fully saturated rings. The van der Waals surface area contributed by atoms with Gasteiger partial charge in [-0.3, -0.25) is 4.79 Å². The van der Waals surface area contributed by atoms with E-state index in [1.165, 1.54) is 5.56 Å². The third-order valence-corrected chi connectivity index (χ3v) is 4.28. The number of ketones is 1. The van der Waals surface area contributed by atoms with E-state index < -0.39 is 0 Å². The molecule has 94 valence electrons. The summed E-state index contributed by atoms with van der Waals surface area (Å²) in [7, 11) is 0. The summed E-state index contributed by atoms with van der Waals surface area (Å²) in [4.78, 5) is 12.1. The summed E-state index contributed by atoms with van der Waals surface area (Å²) < 4.78 is 0. The van der Waals surface area contributed by atoms with Crippen molar-refractivity contribution >= 4 is 17.1 Å². The molecule has 1 nitrogen and oxygen atoms in total. The van der Waals surface area contributed by atoms with E-state index in [1.54, 1.807) is 11.3 Å². The molecule has 0 aliphatic heterocycles. The monoisotopic (exact) mass is 258 g/mol. The zero-order valence-corrected chi connectivity index (χ0v) is 11.9. The fraction of sp³-hybridized carbons (Fsp3) is 0.312. The zero-order valence-electron chi connectivity index (χ0n) is 11.1. The highest BCUT2D eigenvalue weighted by atomic mass is 32.1. The molecule has 0 amide bonds. The number of thiophene rings is 1. The Morgan fingerprint density at radius 2 is 1.78 bits per heavy atom. The van der Waals surface area contributed by atoms with Crippen LogP contribution in [0.3, 0.4) is 0 Å². The summed E-state index contributed by atoms with van der Waals surface area (Å²) in [5.74, 6) is 0.108. The van der Waals surface area contributed by atoms with E-state index in [4.69, 9.17) is 0 Å². The molecule has 2 rings (SSSR count). The Bertz CT molecular complexity index is 521. The molecule has 0 bridgehead atoms. The van der Waals surface area contributed by atoms with E-state index in [-0.39, 0.29) is 11.2 Å². The maximum Gasteiger partial charge on any atom is 0.193 e. The number of rotatable bonds is 4. The van der Waals surface area contributed by atoms with Crippen molar-refractivity contribution < 1.29 is 4.79 Å². The van der Waals surface area contributed by atoms with Crippen molar-refractivity contribution in [1.82, 2.24) is 0 Å². The van der Waals surface area contributed by atoms with Gasteiger partial charge in [0.25, 0.3) is 0 Å². The van der Waals surface area contributed by atoms with Gasteiger partial charge in [0.2, 0.25) is 0 Å². The molecule has 2 aromatic rings. The normalized spacial score (nSPS) is 11.5. The van der Waals surface area contributed by atoms with Gasteiger partial charge in [0.1, 0.15) is 0 Å². The Balaban J connectivity index is 2.26. The van der Waals surface area contributed by atoms with Crippen LogP contribution in [-0.4, -0.2) is 5.78 Å². The van der Waals surface area contributed by atoms with Gasteiger partial charge in [-0.25, -0.2) is 0 Å². The Labute approximate surface area is 112 Å². The van der Waals surface area contributed by atoms with Crippen molar-refractivity contribution in [2.24, 2.45) is 0 Å². The molecule has 0 atom stereocenters. The van der Waals surface area contributed by atoms with Gasteiger partial charge in [-0.05, 0) is 28.8 Å². The van der Waals surface area contributed by atoms with Crippen molar-refractivity contribution in [2.45, 2.75) is 32.6 Å².